The van der Waals surface area contributed by atoms with E-state index in [1.165, 1.54) is 0 Å². The molecule has 1 aromatic heterocycles. The number of halogens is 2. The summed E-state index contributed by atoms with van der Waals surface area (Å²) in [6.45, 7) is 1.95. The normalized spacial score (nSPS) is 10.5. The van der Waals surface area contributed by atoms with Gasteiger partial charge in [0.15, 0.2) is 5.82 Å². The van der Waals surface area contributed by atoms with Gasteiger partial charge in [-0.15, -0.1) is 0 Å². The summed E-state index contributed by atoms with van der Waals surface area (Å²) in [5, 5.41) is 8.64. The van der Waals surface area contributed by atoms with Crippen molar-refractivity contribution in [3.8, 4) is 0 Å². The second-order valence-electron chi connectivity index (χ2n) is 3.83. The van der Waals surface area contributed by atoms with Gasteiger partial charge in [0.1, 0.15) is 10.2 Å². The van der Waals surface area contributed by atoms with Gasteiger partial charge in [-0.3, -0.25) is 0 Å². The van der Waals surface area contributed by atoms with Crippen molar-refractivity contribution < 1.29 is 14.3 Å². The number of benzene rings is 1. The molecule has 0 saturated heterocycles. The van der Waals surface area contributed by atoms with Crippen LogP contribution in [0.3, 0.4) is 0 Å². The van der Waals surface area contributed by atoms with Crippen molar-refractivity contribution in [3.05, 3.63) is 52.4 Å². The molecule has 0 amide bonds. The molecule has 0 bridgehead atoms. The fourth-order valence-electron chi connectivity index (χ4n) is 1.39. The van der Waals surface area contributed by atoms with E-state index in [0.717, 1.165) is 28.3 Å². The Hall–Kier alpha value is -1.59. The van der Waals surface area contributed by atoms with Gasteiger partial charge in [-0.05, 0) is 25.1 Å². The Morgan fingerprint density at radius 3 is 2.58 bits per heavy atom. The maximum absolute atomic E-state index is 13.8. The SMILES string of the molecule is Cc1ccc(Sc2nc(Cl)c(C(=O)O)cc2F)cc1. The third-order valence-electron chi connectivity index (χ3n) is 2.36. The summed E-state index contributed by atoms with van der Waals surface area (Å²) in [4.78, 5) is 15.4. The van der Waals surface area contributed by atoms with E-state index >= 15 is 0 Å². The lowest BCUT2D eigenvalue weighted by Gasteiger charge is -2.05. The number of rotatable bonds is 3. The Morgan fingerprint density at radius 1 is 1.37 bits per heavy atom. The van der Waals surface area contributed by atoms with Crippen LogP contribution < -0.4 is 0 Å². The quantitative estimate of drug-likeness (QED) is 0.869. The minimum Gasteiger partial charge on any atom is -0.478 e. The van der Waals surface area contributed by atoms with Gasteiger partial charge in [-0.25, -0.2) is 14.2 Å². The molecule has 0 aliphatic carbocycles. The van der Waals surface area contributed by atoms with Crippen LogP contribution in [-0.2, 0) is 0 Å². The molecule has 0 radical (unpaired) electrons. The molecule has 0 fully saturated rings. The minimum absolute atomic E-state index is 0.0545. The first-order chi connectivity index (χ1) is 8.97. The van der Waals surface area contributed by atoms with Crippen LogP contribution in [0.4, 0.5) is 4.39 Å². The number of carbonyl (C=O) groups is 1. The minimum atomic E-state index is -1.30. The van der Waals surface area contributed by atoms with Gasteiger partial charge in [0.05, 0.1) is 5.56 Å². The monoisotopic (exact) mass is 297 g/mol. The number of carboxylic acid groups (broad SMARTS) is 1. The summed E-state index contributed by atoms with van der Waals surface area (Å²) in [5.74, 6) is -2.00. The predicted molar refractivity (Wildman–Crippen MR) is 71.5 cm³/mol. The lowest BCUT2D eigenvalue weighted by atomic mass is 10.2. The summed E-state index contributed by atoms with van der Waals surface area (Å²) in [7, 11) is 0. The van der Waals surface area contributed by atoms with Crippen molar-refractivity contribution in [1.29, 1.82) is 0 Å². The molecule has 0 aliphatic heterocycles. The average Bonchev–Trinajstić information content (AvgIpc) is 2.35. The van der Waals surface area contributed by atoms with E-state index in [0.29, 0.717) is 0 Å². The van der Waals surface area contributed by atoms with E-state index in [1.807, 2.05) is 31.2 Å². The van der Waals surface area contributed by atoms with Gasteiger partial charge < -0.3 is 5.11 Å². The van der Waals surface area contributed by atoms with Crippen LogP contribution in [0.5, 0.6) is 0 Å². The first kappa shape index (κ1) is 13.8. The third kappa shape index (κ3) is 3.24. The van der Waals surface area contributed by atoms with E-state index in [1.54, 1.807) is 0 Å². The number of pyridine rings is 1. The Balaban J connectivity index is 2.33. The summed E-state index contributed by atoms with van der Waals surface area (Å²) < 4.78 is 13.8. The highest BCUT2D eigenvalue weighted by Crippen LogP contribution is 2.30. The molecule has 0 unspecified atom stereocenters. The van der Waals surface area contributed by atoms with Crippen LogP contribution in [0.15, 0.2) is 40.3 Å². The zero-order chi connectivity index (χ0) is 14.0. The molecule has 1 heterocycles. The van der Waals surface area contributed by atoms with E-state index in [9.17, 15) is 9.18 Å². The molecule has 2 rings (SSSR count). The maximum atomic E-state index is 13.8. The molecule has 6 heteroatoms. The highest BCUT2D eigenvalue weighted by atomic mass is 35.5. The number of aryl methyl sites for hydroxylation is 1. The zero-order valence-corrected chi connectivity index (χ0v) is 11.4. The summed E-state index contributed by atoms with van der Waals surface area (Å²) in [6.07, 6.45) is 0. The largest absolute Gasteiger partial charge is 0.478 e. The molecule has 0 aliphatic rings. The van der Waals surface area contributed by atoms with E-state index in [2.05, 4.69) is 4.98 Å². The fraction of sp³-hybridized carbons (Fsp3) is 0.0769. The first-order valence-corrected chi connectivity index (χ1v) is 6.50. The second-order valence-corrected chi connectivity index (χ2v) is 5.25. The number of nitrogens with zero attached hydrogens (tertiary/aromatic N) is 1. The van der Waals surface area contributed by atoms with Crippen molar-refractivity contribution in [3.63, 3.8) is 0 Å². The molecule has 2 aromatic rings. The van der Waals surface area contributed by atoms with Gasteiger partial charge in [0, 0.05) is 4.90 Å². The van der Waals surface area contributed by atoms with E-state index < -0.39 is 11.8 Å². The maximum Gasteiger partial charge on any atom is 0.338 e. The smallest absolute Gasteiger partial charge is 0.338 e. The van der Waals surface area contributed by atoms with Crippen molar-refractivity contribution in [2.24, 2.45) is 0 Å². The molecule has 0 saturated carbocycles. The van der Waals surface area contributed by atoms with E-state index in [4.69, 9.17) is 16.7 Å². The highest BCUT2D eigenvalue weighted by Gasteiger charge is 2.16. The van der Waals surface area contributed by atoms with Crippen LogP contribution in [0.2, 0.25) is 5.15 Å². The van der Waals surface area contributed by atoms with Gasteiger partial charge in [0.25, 0.3) is 0 Å². The fourth-order valence-corrected chi connectivity index (χ4v) is 2.45. The number of aromatic carboxylic acids is 1. The molecule has 0 spiro atoms. The van der Waals surface area contributed by atoms with Crippen LogP contribution in [0, 0.1) is 12.7 Å². The molecule has 0 atom stereocenters. The van der Waals surface area contributed by atoms with Crippen molar-refractivity contribution in [2.75, 3.05) is 0 Å². The third-order valence-corrected chi connectivity index (χ3v) is 3.64. The summed E-state index contributed by atoms with van der Waals surface area (Å²) >= 11 is 6.81. The summed E-state index contributed by atoms with van der Waals surface area (Å²) in [6, 6.07) is 8.34. The Kier molecular flexibility index (Phi) is 4.07. The van der Waals surface area contributed by atoms with Gasteiger partial charge >= 0.3 is 5.97 Å². The molecule has 19 heavy (non-hydrogen) atoms. The Bertz CT molecular complexity index is 631. The standard InChI is InChI=1S/C13H9ClFNO2S/c1-7-2-4-8(5-3-7)19-12-10(15)6-9(13(17)18)11(14)16-12/h2-6H,1H3,(H,17,18). The Morgan fingerprint density at radius 2 is 2.00 bits per heavy atom. The molecule has 3 nitrogen and oxygen atoms in total. The van der Waals surface area contributed by atoms with Gasteiger partial charge in [-0.1, -0.05) is 41.1 Å². The van der Waals surface area contributed by atoms with Crippen LogP contribution >= 0.6 is 23.4 Å². The molecular formula is C13H9ClFNO2S. The topological polar surface area (TPSA) is 50.2 Å². The number of hydrogen-bond acceptors (Lipinski definition) is 3. The van der Waals surface area contributed by atoms with Crippen LogP contribution in [0.1, 0.15) is 15.9 Å². The van der Waals surface area contributed by atoms with Gasteiger partial charge in [0.2, 0.25) is 0 Å². The number of hydrogen-bond donors (Lipinski definition) is 1. The predicted octanol–water partition coefficient (Wildman–Crippen LogP) is 4.03. The second kappa shape index (κ2) is 5.59. The zero-order valence-electron chi connectivity index (χ0n) is 9.85. The number of carboxylic acids is 1. The van der Waals surface area contributed by atoms with E-state index in [-0.39, 0.29) is 15.7 Å². The van der Waals surface area contributed by atoms with Crippen molar-refractivity contribution >= 4 is 29.3 Å². The highest BCUT2D eigenvalue weighted by molar-refractivity contribution is 7.99. The first-order valence-electron chi connectivity index (χ1n) is 5.31. The Labute approximate surface area is 118 Å². The molecule has 1 aromatic carbocycles. The van der Waals surface area contributed by atoms with Crippen molar-refractivity contribution in [1.82, 2.24) is 4.98 Å². The van der Waals surface area contributed by atoms with Crippen LogP contribution in [-0.4, -0.2) is 16.1 Å². The van der Waals surface area contributed by atoms with Gasteiger partial charge in [-0.2, -0.15) is 0 Å². The van der Waals surface area contributed by atoms with Crippen LogP contribution in [0.25, 0.3) is 0 Å². The molecule has 98 valence electrons. The summed E-state index contributed by atoms with van der Waals surface area (Å²) in [5.41, 5.74) is 0.754. The number of aromatic nitrogens is 1. The lowest BCUT2D eigenvalue weighted by Crippen LogP contribution is -2.01. The average molecular weight is 298 g/mol. The lowest BCUT2D eigenvalue weighted by molar-refractivity contribution is 0.0696. The molecule has 1 N–H and O–H groups in total. The molecular weight excluding hydrogens is 289 g/mol. The van der Waals surface area contributed by atoms with Crippen molar-refractivity contribution in [2.45, 2.75) is 16.8 Å².